The monoisotopic (exact) mass is 212 g/mol. The standard InChI is InChI=1S/C10H16N2O3/c1-3-5-6-12-9(13)8(7-11-12)10(14)15-4-2/h7,11H,3-6H2,1-2H3. The van der Waals surface area contributed by atoms with E-state index in [1.807, 2.05) is 6.92 Å². The van der Waals surface area contributed by atoms with Gasteiger partial charge in [0.15, 0.2) is 0 Å². The van der Waals surface area contributed by atoms with Gasteiger partial charge in [0.2, 0.25) is 0 Å². The SMILES string of the molecule is CCCCn1[nH]cc(C(=O)OCC)c1=O. The van der Waals surface area contributed by atoms with E-state index in [-0.39, 0.29) is 17.7 Å². The van der Waals surface area contributed by atoms with E-state index in [0.29, 0.717) is 6.54 Å². The number of nitrogens with one attached hydrogen (secondary N) is 1. The molecule has 0 aromatic carbocycles. The van der Waals surface area contributed by atoms with Crippen molar-refractivity contribution in [2.45, 2.75) is 33.2 Å². The number of H-pyrrole nitrogens is 1. The first-order chi connectivity index (χ1) is 7.20. The maximum absolute atomic E-state index is 11.6. The molecule has 0 unspecified atom stereocenters. The second kappa shape index (κ2) is 5.38. The number of carbonyl (C=O) groups is 1. The third kappa shape index (κ3) is 2.71. The zero-order chi connectivity index (χ0) is 11.3. The van der Waals surface area contributed by atoms with Crippen LogP contribution in [0.4, 0.5) is 0 Å². The molecule has 5 nitrogen and oxygen atoms in total. The first-order valence-corrected chi connectivity index (χ1v) is 5.16. The average Bonchev–Trinajstić information content (AvgIpc) is 2.57. The first-order valence-electron chi connectivity index (χ1n) is 5.16. The fourth-order valence-corrected chi connectivity index (χ4v) is 1.25. The molecule has 0 spiro atoms. The normalized spacial score (nSPS) is 10.3. The topological polar surface area (TPSA) is 64.1 Å². The van der Waals surface area contributed by atoms with Crippen LogP contribution in [0.1, 0.15) is 37.0 Å². The van der Waals surface area contributed by atoms with Crippen LogP contribution in [-0.4, -0.2) is 22.4 Å². The van der Waals surface area contributed by atoms with Crippen LogP contribution in [0.3, 0.4) is 0 Å². The molecule has 0 saturated carbocycles. The molecule has 0 aliphatic heterocycles. The van der Waals surface area contributed by atoms with E-state index in [1.165, 1.54) is 10.9 Å². The van der Waals surface area contributed by atoms with Crippen LogP contribution in [0.5, 0.6) is 0 Å². The molecule has 15 heavy (non-hydrogen) atoms. The van der Waals surface area contributed by atoms with Crippen molar-refractivity contribution in [3.8, 4) is 0 Å². The van der Waals surface area contributed by atoms with Crippen molar-refractivity contribution in [3.63, 3.8) is 0 Å². The largest absolute Gasteiger partial charge is 0.462 e. The Hall–Kier alpha value is -1.52. The van der Waals surface area contributed by atoms with E-state index >= 15 is 0 Å². The minimum atomic E-state index is -0.561. The van der Waals surface area contributed by atoms with Crippen molar-refractivity contribution < 1.29 is 9.53 Å². The molecular weight excluding hydrogens is 196 g/mol. The van der Waals surface area contributed by atoms with E-state index in [9.17, 15) is 9.59 Å². The van der Waals surface area contributed by atoms with Gasteiger partial charge in [-0.1, -0.05) is 13.3 Å². The van der Waals surface area contributed by atoms with Crippen molar-refractivity contribution in [2.75, 3.05) is 6.61 Å². The second-order valence-electron chi connectivity index (χ2n) is 3.22. The number of carbonyl (C=O) groups excluding carboxylic acids is 1. The number of aryl methyl sites for hydroxylation is 1. The molecule has 0 aliphatic rings. The predicted molar refractivity (Wildman–Crippen MR) is 55.9 cm³/mol. The maximum atomic E-state index is 11.6. The summed E-state index contributed by atoms with van der Waals surface area (Å²) in [5.41, 5.74) is -0.227. The Balaban J connectivity index is 2.79. The Labute approximate surface area is 88.0 Å². The Morgan fingerprint density at radius 1 is 1.53 bits per heavy atom. The Morgan fingerprint density at radius 3 is 2.87 bits per heavy atom. The molecule has 0 amide bonds. The van der Waals surface area contributed by atoms with Gasteiger partial charge in [0, 0.05) is 12.7 Å². The van der Waals surface area contributed by atoms with Gasteiger partial charge in [-0.05, 0) is 13.3 Å². The van der Waals surface area contributed by atoms with E-state index in [1.54, 1.807) is 6.92 Å². The number of aromatic nitrogens is 2. The van der Waals surface area contributed by atoms with Crippen LogP contribution in [-0.2, 0) is 11.3 Å². The Kier molecular flexibility index (Phi) is 4.15. The highest BCUT2D eigenvalue weighted by atomic mass is 16.5. The van der Waals surface area contributed by atoms with Crippen LogP contribution >= 0.6 is 0 Å². The summed E-state index contributed by atoms with van der Waals surface area (Å²) in [5, 5.41) is 2.75. The molecule has 5 heteroatoms. The van der Waals surface area contributed by atoms with Crippen LogP contribution in [0.2, 0.25) is 0 Å². The van der Waals surface area contributed by atoms with E-state index < -0.39 is 5.97 Å². The fourth-order valence-electron chi connectivity index (χ4n) is 1.25. The van der Waals surface area contributed by atoms with Crippen LogP contribution < -0.4 is 5.56 Å². The minimum absolute atomic E-state index is 0.0768. The molecule has 1 rings (SSSR count). The molecule has 0 bridgehead atoms. The average molecular weight is 212 g/mol. The lowest BCUT2D eigenvalue weighted by atomic mass is 10.3. The minimum Gasteiger partial charge on any atom is -0.462 e. The van der Waals surface area contributed by atoms with Crippen molar-refractivity contribution in [1.29, 1.82) is 0 Å². The highest BCUT2D eigenvalue weighted by molar-refractivity contribution is 5.88. The number of ether oxygens (including phenoxy) is 1. The smallest absolute Gasteiger partial charge is 0.345 e. The van der Waals surface area contributed by atoms with Crippen molar-refractivity contribution in [3.05, 3.63) is 22.1 Å². The van der Waals surface area contributed by atoms with Gasteiger partial charge < -0.3 is 9.84 Å². The lowest BCUT2D eigenvalue weighted by Crippen LogP contribution is -2.22. The number of unbranched alkanes of at least 4 members (excludes halogenated alkanes) is 1. The summed E-state index contributed by atoms with van der Waals surface area (Å²) >= 11 is 0. The molecule has 1 N–H and O–H groups in total. The third-order valence-corrected chi connectivity index (χ3v) is 2.07. The number of esters is 1. The van der Waals surface area contributed by atoms with Gasteiger partial charge in [0.25, 0.3) is 5.56 Å². The quantitative estimate of drug-likeness (QED) is 0.745. The summed E-state index contributed by atoms with van der Waals surface area (Å²) in [6.45, 7) is 4.63. The van der Waals surface area contributed by atoms with Crippen molar-refractivity contribution in [2.24, 2.45) is 0 Å². The molecule has 84 valence electrons. The van der Waals surface area contributed by atoms with Gasteiger partial charge in [-0.25, -0.2) is 4.79 Å². The molecule has 0 saturated heterocycles. The molecule has 0 atom stereocenters. The van der Waals surface area contributed by atoms with Gasteiger partial charge in [0.05, 0.1) is 6.61 Å². The van der Waals surface area contributed by atoms with E-state index in [2.05, 4.69) is 5.10 Å². The van der Waals surface area contributed by atoms with Crippen LogP contribution in [0.15, 0.2) is 11.0 Å². The Morgan fingerprint density at radius 2 is 2.27 bits per heavy atom. The van der Waals surface area contributed by atoms with Gasteiger partial charge in [-0.3, -0.25) is 9.48 Å². The zero-order valence-electron chi connectivity index (χ0n) is 9.08. The van der Waals surface area contributed by atoms with Crippen LogP contribution in [0.25, 0.3) is 0 Å². The molecule has 1 aromatic rings. The zero-order valence-corrected chi connectivity index (χ0v) is 9.08. The van der Waals surface area contributed by atoms with Crippen molar-refractivity contribution in [1.82, 2.24) is 9.78 Å². The third-order valence-electron chi connectivity index (χ3n) is 2.07. The number of nitrogens with zero attached hydrogens (tertiary/aromatic N) is 1. The number of hydrogen-bond donors (Lipinski definition) is 1. The summed E-state index contributed by atoms with van der Waals surface area (Å²) in [6, 6.07) is 0. The lowest BCUT2D eigenvalue weighted by Gasteiger charge is -1.98. The number of aromatic amines is 1. The molecular formula is C10H16N2O3. The summed E-state index contributed by atoms with van der Waals surface area (Å²) in [7, 11) is 0. The molecule has 0 radical (unpaired) electrons. The summed E-state index contributed by atoms with van der Waals surface area (Å²) in [6.07, 6.45) is 3.30. The number of rotatable bonds is 5. The van der Waals surface area contributed by atoms with Gasteiger partial charge in [0.1, 0.15) is 5.56 Å². The van der Waals surface area contributed by atoms with Gasteiger partial charge in [-0.2, -0.15) is 0 Å². The fraction of sp³-hybridized carbons (Fsp3) is 0.600. The van der Waals surface area contributed by atoms with E-state index in [0.717, 1.165) is 12.8 Å². The van der Waals surface area contributed by atoms with Gasteiger partial charge in [-0.15, -0.1) is 0 Å². The predicted octanol–water partition coefficient (Wildman–Crippen LogP) is 1.15. The molecule has 1 heterocycles. The second-order valence-corrected chi connectivity index (χ2v) is 3.22. The maximum Gasteiger partial charge on any atom is 0.345 e. The van der Waals surface area contributed by atoms with Crippen molar-refractivity contribution >= 4 is 5.97 Å². The highest BCUT2D eigenvalue weighted by Gasteiger charge is 2.14. The number of hydrogen-bond acceptors (Lipinski definition) is 3. The first kappa shape index (κ1) is 11.6. The Bertz CT molecular complexity index is 378. The summed E-state index contributed by atoms with van der Waals surface area (Å²) < 4.78 is 6.18. The highest BCUT2D eigenvalue weighted by Crippen LogP contribution is 1.96. The summed E-state index contributed by atoms with van der Waals surface area (Å²) in [4.78, 5) is 22.9. The molecule has 0 aliphatic carbocycles. The van der Waals surface area contributed by atoms with Crippen LogP contribution in [0, 0.1) is 0 Å². The van der Waals surface area contributed by atoms with Gasteiger partial charge >= 0.3 is 5.97 Å². The summed E-state index contributed by atoms with van der Waals surface area (Å²) in [5.74, 6) is -0.561. The van der Waals surface area contributed by atoms with E-state index in [4.69, 9.17) is 4.74 Å². The lowest BCUT2D eigenvalue weighted by molar-refractivity contribution is 0.0524. The molecule has 0 fully saturated rings. The molecule has 1 aromatic heterocycles.